The first-order chi connectivity index (χ1) is 11.8. The fourth-order valence-electron chi connectivity index (χ4n) is 3.34. The molecule has 0 saturated carbocycles. The van der Waals surface area contributed by atoms with Crippen LogP contribution in [0.2, 0.25) is 0 Å². The normalized spacial score (nSPS) is 13.1. The van der Waals surface area contributed by atoms with Crippen molar-refractivity contribution in [2.24, 2.45) is 0 Å². The van der Waals surface area contributed by atoms with E-state index in [2.05, 4.69) is 71.3 Å². The van der Waals surface area contributed by atoms with Crippen LogP contribution in [0, 0.1) is 6.92 Å². The van der Waals surface area contributed by atoms with Crippen molar-refractivity contribution in [2.45, 2.75) is 39.3 Å². The van der Waals surface area contributed by atoms with Crippen molar-refractivity contribution >= 4 is 0 Å². The molecule has 3 heteroatoms. The number of aliphatic hydroxyl groups is 1. The third kappa shape index (κ3) is 6.18. The number of hydrogen-bond acceptors (Lipinski definition) is 2. The maximum atomic E-state index is 10.4. The van der Waals surface area contributed by atoms with Gasteiger partial charge in [0.15, 0.2) is 0 Å². The van der Waals surface area contributed by atoms with Crippen LogP contribution in [0.25, 0.3) is 0 Å². The predicted molar refractivity (Wildman–Crippen MR) is 104 cm³/mol. The van der Waals surface area contributed by atoms with Gasteiger partial charge in [-0.2, -0.15) is 0 Å². The molecule has 0 saturated heterocycles. The molecule has 0 heterocycles. The van der Waals surface area contributed by atoms with Crippen LogP contribution in [0.3, 0.4) is 0 Å². The SMILES string of the molecule is Cc1cc(OCC(O)C[N+](C)(C)Cc2ccccc2)ccc1C(C)C. The standard InChI is InChI=1S/C22H32NO2/c1-17(2)22-12-11-21(13-18(22)3)25-16-20(24)15-23(4,5)14-19-9-7-6-8-10-19/h6-13,17,20,24H,14-16H2,1-5H3/q+1. The molecule has 136 valence electrons. The number of aryl methyl sites for hydroxylation is 1. The largest absolute Gasteiger partial charge is 0.491 e. The first kappa shape index (κ1) is 19.5. The van der Waals surface area contributed by atoms with Gasteiger partial charge in [0, 0.05) is 5.56 Å². The highest BCUT2D eigenvalue weighted by Crippen LogP contribution is 2.23. The van der Waals surface area contributed by atoms with E-state index in [1.807, 2.05) is 12.1 Å². The second-order valence-electron chi connectivity index (χ2n) is 7.90. The number of ether oxygens (including phenoxy) is 1. The maximum absolute atomic E-state index is 10.4. The molecule has 0 spiro atoms. The molecule has 3 nitrogen and oxygen atoms in total. The third-order valence-corrected chi connectivity index (χ3v) is 4.46. The van der Waals surface area contributed by atoms with E-state index in [0.717, 1.165) is 16.8 Å². The van der Waals surface area contributed by atoms with E-state index >= 15 is 0 Å². The van der Waals surface area contributed by atoms with Crippen molar-refractivity contribution in [3.8, 4) is 5.75 Å². The van der Waals surface area contributed by atoms with Gasteiger partial charge in [0.05, 0.1) is 14.1 Å². The van der Waals surface area contributed by atoms with Crippen LogP contribution in [0.1, 0.15) is 36.5 Å². The fourth-order valence-corrected chi connectivity index (χ4v) is 3.34. The lowest BCUT2D eigenvalue weighted by Gasteiger charge is -2.32. The molecule has 1 N–H and O–H groups in total. The molecular formula is C22H32NO2+. The topological polar surface area (TPSA) is 29.5 Å². The minimum atomic E-state index is -0.496. The zero-order chi connectivity index (χ0) is 18.4. The van der Waals surface area contributed by atoms with Crippen molar-refractivity contribution < 1.29 is 14.3 Å². The molecule has 0 radical (unpaired) electrons. The van der Waals surface area contributed by atoms with Crippen LogP contribution in [0.15, 0.2) is 48.5 Å². The third-order valence-electron chi connectivity index (χ3n) is 4.46. The summed E-state index contributed by atoms with van der Waals surface area (Å²) in [5.74, 6) is 1.34. The fraction of sp³-hybridized carbons (Fsp3) is 0.455. The van der Waals surface area contributed by atoms with Gasteiger partial charge in [0.25, 0.3) is 0 Å². The molecular weight excluding hydrogens is 310 g/mol. The molecule has 0 bridgehead atoms. The molecule has 0 aliphatic heterocycles. The molecule has 2 rings (SSSR count). The second-order valence-corrected chi connectivity index (χ2v) is 7.90. The van der Waals surface area contributed by atoms with Crippen LogP contribution >= 0.6 is 0 Å². The van der Waals surface area contributed by atoms with Gasteiger partial charge in [-0.25, -0.2) is 0 Å². The first-order valence-corrected chi connectivity index (χ1v) is 9.04. The summed E-state index contributed by atoms with van der Waals surface area (Å²) in [7, 11) is 4.27. The summed E-state index contributed by atoms with van der Waals surface area (Å²) >= 11 is 0. The van der Waals surface area contributed by atoms with Crippen LogP contribution in [-0.2, 0) is 6.54 Å². The second kappa shape index (κ2) is 8.50. The lowest BCUT2D eigenvalue weighted by molar-refractivity contribution is -0.906. The molecule has 0 amide bonds. The molecule has 0 aromatic heterocycles. The van der Waals surface area contributed by atoms with Crippen LogP contribution < -0.4 is 4.74 Å². The van der Waals surface area contributed by atoms with Crippen molar-refractivity contribution in [2.75, 3.05) is 27.2 Å². The molecule has 1 unspecified atom stereocenters. The summed E-state index contributed by atoms with van der Waals surface area (Å²) in [5, 5.41) is 10.4. The minimum Gasteiger partial charge on any atom is -0.491 e. The number of hydrogen-bond donors (Lipinski definition) is 1. The average Bonchev–Trinajstić information content (AvgIpc) is 2.52. The molecule has 0 aliphatic rings. The number of likely N-dealkylation sites (N-methyl/N-ethyl adjacent to an activating group) is 1. The monoisotopic (exact) mass is 342 g/mol. The smallest absolute Gasteiger partial charge is 0.137 e. The van der Waals surface area contributed by atoms with Crippen molar-refractivity contribution in [3.63, 3.8) is 0 Å². The highest BCUT2D eigenvalue weighted by Gasteiger charge is 2.21. The lowest BCUT2D eigenvalue weighted by atomic mass is 9.98. The Morgan fingerprint density at radius 1 is 1.04 bits per heavy atom. The van der Waals surface area contributed by atoms with Gasteiger partial charge in [-0.05, 0) is 36.1 Å². The van der Waals surface area contributed by atoms with Crippen molar-refractivity contribution in [3.05, 3.63) is 65.2 Å². The number of aliphatic hydroxyl groups excluding tert-OH is 1. The summed E-state index contributed by atoms with van der Waals surface area (Å²) in [6.45, 7) is 8.35. The number of nitrogens with zero attached hydrogens (tertiary/aromatic N) is 1. The van der Waals surface area contributed by atoms with E-state index in [-0.39, 0.29) is 0 Å². The average molecular weight is 343 g/mol. The van der Waals surface area contributed by atoms with E-state index in [1.165, 1.54) is 16.7 Å². The van der Waals surface area contributed by atoms with E-state index < -0.39 is 6.10 Å². The molecule has 25 heavy (non-hydrogen) atoms. The van der Waals surface area contributed by atoms with Gasteiger partial charge in [-0.3, -0.25) is 0 Å². The zero-order valence-corrected chi connectivity index (χ0v) is 16.2. The number of rotatable bonds is 8. The Balaban J connectivity index is 1.87. The molecule has 2 aromatic carbocycles. The zero-order valence-electron chi connectivity index (χ0n) is 16.2. The van der Waals surface area contributed by atoms with Crippen molar-refractivity contribution in [1.82, 2.24) is 0 Å². The van der Waals surface area contributed by atoms with Crippen LogP contribution in [-0.4, -0.2) is 42.9 Å². The minimum absolute atomic E-state index is 0.316. The summed E-state index contributed by atoms with van der Waals surface area (Å²) in [5.41, 5.74) is 3.86. The Labute approximate surface area is 152 Å². The summed E-state index contributed by atoms with van der Waals surface area (Å²) in [4.78, 5) is 0. The molecule has 0 aliphatic carbocycles. The van der Waals surface area contributed by atoms with Gasteiger partial charge in [-0.1, -0.05) is 50.2 Å². The van der Waals surface area contributed by atoms with Crippen molar-refractivity contribution in [1.29, 1.82) is 0 Å². The van der Waals surface area contributed by atoms with Gasteiger partial charge >= 0.3 is 0 Å². The highest BCUT2D eigenvalue weighted by atomic mass is 16.5. The highest BCUT2D eigenvalue weighted by molar-refractivity contribution is 5.36. The number of benzene rings is 2. The maximum Gasteiger partial charge on any atom is 0.137 e. The van der Waals surface area contributed by atoms with E-state index in [4.69, 9.17) is 4.74 Å². The Hall–Kier alpha value is -1.84. The van der Waals surface area contributed by atoms with E-state index in [9.17, 15) is 5.11 Å². The summed E-state index contributed by atoms with van der Waals surface area (Å²) in [6.07, 6.45) is -0.496. The Bertz CT molecular complexity index is 665. The van der Waals surface area contributed by atoms with E-state index in [1.54, 1.807) is 0 Å². The summed E-state index contributed by atoms with van der Waals surface area (Å²) in [6, 6.07) is 16.6. The van der Waals surface area contributed by atoms with Gasteiger partial charge in [0.1, 0.15) is 31.5 Å². The lowest BCUT2D eigenvalue weighted by Crippen LogP contribution is -2.46. The van der Waals surface area contributed by atoms with Gasteiger partial charge in [0.2, 0.25) is 0 Å². The van der Waals surface area contributed by atoms with Gasteiger partial charge < -0.3 is 14.3 Å². The summed E-state index contributed by atoms with van der Waals surface area (Å²) < 4.78 is 6.54. The van der Waals surface area contributed by atoms with Crippen LogP contribution in [0.5, 0.6) is 5.75 Å². The number of quaternary nitrogens is 1. The Morgan fingerprint density at radius 2 is 1.72 bits per heavy atom. The Morgan fingerprint density at radius 3 is 2.32 bits per heavy atom. The Kier molecular flexibility index (Phi) is 6.63. The predicted octanol–water partition coefficient (Wildman–Crippen LogP) is 4.13. The molecule has 1 atom stereocenters. The van der Waals surface area contributed by atoms with Crippen LogP contribution in [0.4, 0.5) is 0 Å². The van der Waals surface area contributed by atoms with Gasteiger partial charge in [-0.15, -0.1) is 0 Å². The quantitative estimate of drug-likeness (QED) is 0.731. The molecule has 2 aromatic rings. The van der Waals surface area contributed by atoms with E-state index in [0.29, 0.717) is 19.1 Å². The molecule has 0 fully saturated rings. The first-order valence-electron chi connectivity index (χ1n) is 9.04.